The molecule has 2 amide bonds. The van der Waals surface area contributed by atoms with Gasteiger partial charge in [-0.2, -0.15) is 5.10 Å². The lowest BCUT2D eigenvalue weighted by Crippen LogP contribution is -2.48. The van der Waals surface area contributed by atoms with Crippen molar-refractivity contribution in [2.24, 2.45) is 11.0 Å². The third-order valence-corrected chi connectivity index (χ3v) is 6.16. The van der Waals surface area contributed by atoms with Crippen LogP contribution in [0.25, 0.3) is 0 Å². The standard InChI is InChI=1S/C26H24Cl3N3O3/c1-16(2)24(31-25(33)17-11-12-21(28)22(29)13-17)26(34)32-30-14-18-7-4-6-10-23(18)35-15-19-8-3-5-9-20(19)27/h3-14,16,24H,15H2,1-2H3,(H,31,33)(H,32,34). The maximum atomic E-state index is 12.8. The smallest absolute Gasteiger partial charge is 0.262 e. The minimum Gasteiger partial charge on any atom is -0.488 e. The predicted octanol–water partition coefficient (Wildman–Crippen LogP) is 6.13. The zero-order chi connectivity index (χ0) is 25.4. The molecule has 2 N–H and O–H groups in total. The number of ether oxygens (including phenoxy) is 1. The van der Waals surface area contributed by atoms with Gasteiger partial charge in [0.25, 0.3) is 11.8 Å². The van der Waals surface area contributed by atoms with Gasteiger partial charge in [0, 0.05) is 21.7 Å². The van der Waals surface area contributed by atoms with E-state index in [1.54, 1.807) is 12.1 Å². The number of amides is 2. The fourth-order valence-electron chi connectivity index (χ4n) is 3.12. The molecule has 0 heterocycles. The number of nitrogens with zero attached hydrogens (tertiary/aromatic N) is 1. The molecule has 0 aromatic heterocycles. The van der Waals surface area contributed by atoms with Crippen LogP contribution in [0.15, 0.2) is 71.8 Å². The van der Waals surface area contributed by atoms with Gasteiger partial charge in [0.05, 0.1) is 16.3 Å². The summed E-state index contributed by atoms with van der Waals surface area (Å²) in [5.41, 5.74) is 4.31. The minimum absolute atomic E-state index is 0.192. The van der Waals surface area contributed by atoms with E-state index in [9.17, 15) is 9.59 Å². The Bertz CT molecular complexity index is 1230. The summed E-state index contributed by atoms with van der Waals surface area (Å²) in [5.74, 6) is -0.513. The van der Waals surface area contributed by atoms with Crippen molar-refractivity contribution < 1.29 is 14.3 Å². The number of carbonyl (C=O) groups excluding carboxylic acids is 2. The first-order valence-electron chi connectivity index (χ1n) is 10.8. The summed E-state index contributed by atoms with van der Waals surface area (Å²) < 4.78 is 5.90. The zero-order valence-electron chi connectivity index (χ0n) is 19.1. The molecule has 0 aliphatic heterocycles. The summed E-state index contributed by atoms with van der Waals surface area (Å²) in [6.07, 6.45) is 1.48. The molecule has 182 valence electrons. The van der Waals surface area contributed by atoms with E-state index in [0.29, 0.717) is 26.9 Å². The van der Waals surface area contributed by atoms with Crippen LogP contribution in [0.4, 0.5) is 0 Å². The third kappa shape index (κ3) is 7.46. The predicted molar refractivity (Wildman–Crippen MR) is 141 cm³/mol. The molecule has 3 aromatic rings. The van der Waals surface area contributed by atoms with Gasteiger partial charge in [0.2, 0.25) is 0 Å². The quantitative estimate of drug-likeness (QED) is 0.257. The van der Waals surface area contributed by atoms with E-state index in [1.165, 1.54) is 24.4 Å². The Balaban J connectivity index is 1.64. The van der Waals surface area contributed by atoms with Crippen LogP contribution in [-0.4, -0.2) is 24.1 Å². The SMILES string of the molecule is CC(C)C(NC(=O)c1ccc(Cl)c(Cl)c1)C(=O)NN=Cc1ccccc1OCc1ccccc1Cl. The van der Waals surface area contributed by atoms with Crippen LogP contribution >= 0.6 is 34.8 Å². The van der Waals surface area contributed by atoms with E-state index < -0.39 is 17.9 Å². The molecule has 0 spiro atoms. The lowest BCUT2D eigenvalue weighted by molar-refractivity contribution is -0.123. The maximum Gasteiger partial charge on any atom is 0.262 e. The number of para-hydroxylation sites is 1. The highest BCUT2D eigenvalue weighted by Gasteiger charge is 2.24. The molecule has 1 unspecified atom stereocenters. The molecule has 1 atom stereocenters. The molecule has 0 fully saturated rings. The molecule has 0 radical (unpaired) electrons. The molecule has 0 aliphatic rings. The van der Waals surface area contributed by atoms with Crippen molar-refractivity contribution in [3.63, 3.8) is 0 Å². The van der Waals surface area contributed by atoms with Gasteiger partial charge in [-0.1, -0.05) is 79.0 Å². The van der Waals surface area contributed by atoms with Crippen molar-refractivity contribution in [2.45, 2.75) is 26.5 Å². The second-order valence-corrected chi connectivity index (χ2v) is 9.20. The zero-order valence-corrected chi connectivity index (χ0v) is 21.4. The van der Waals surface area contributed by atoms with Crippen molar-refractivity contribution in [2.75, 3.05) is 0 Å². The summed E-state index contributed by atoms with van der Waals surface area (Å²) >= 11 is 18.1. The number of hydrazone groups is 1. The first-order valence-corrected chi connectivity index (χ1v) is 11.9. The average Bonchev–Trinajstić information content (AvgIpc) is 2.84. The fraction of sp³-hybridized carbons (Fsp3) is 0.192. The monoisotopic (exact) mass is 531 g/mol. The molecule has 0 saturated carbocycles. The highest BCUT2D eigenvalue weighted by molar-refractivity contribution is 6.42. The second-order valence-electron chi connectivity index (χ2n) is 7.98. The number of hydrogen-bond acceptors (Lipinski definition) is 4. The van der Waals surface area contributed by atoms with Crippen LogP contribution in [0.3, 0.4) is 0 Å². The fourth-order valence-corrected chi connectivity index (χ4v) is 3.61. The van der Waals surface area contributed by atoms with Crippen LogP contribution in [0, 0.1) is 5.92 Å². The maximum absolute atomic E-state index is 12.8. The lowest BCUT2D eigenvalue weighted by atomic mass is 10.0. The van der Waals surface area contributed by atoms with Gasteiger partial charge in [-0.25, -0.2) is 5.43 Å². The van der Waals surface area contributed by atoms with Crippen LogP contribution in [0.1, 0.15) is 35.3 Å². The molecule has 0 aliphatic carbocycles. The van der Waals surface area contributed by atoms with E-state index >= 15 is 0 Å². The van der Waals surface area contributed by atoms with E-state index in [0.717, 1.165) is 5.56 Å². The van der Waals surface area contributed by atoms with Gasteiger partial charge >= 0.3 is 0 Å². The normalized spacial score (nSPS) is 11.9. The Kier molecular flexibility index (Phi) is 9.55. The number of rotatable bonds is 9. The van der Waals surface area contributed by atoms with Crippen molar-refractivity contribution in [3.05, 3.63) is 98.5 Å². The number of carbonyl (C=O) groups is 2. The Labute approximate surface area is 219 Å². The summed E-state index contributed by atoms with van der Waals surface area (Å²) in [4.78, 5) is 25.4. The summed E-state index contributed by atoms with van der Waals surface area (Å²) in [7, 11) is 0. The lowest BCUT2D eigenvalue weighted by Gasteiger charge is -2.20. The first kappa shape index (κ1) is 26.5. The number of hydrogen-bond donors (Lipinski definition) is 2. The van der Waals surface area contributed by atoms with Crippen molar-refractivity contribution in [1.29, 1.82) is 0 Å². The Hall–Kier alpha value is -3.06. The van der Waals surface area contributed by atoms with E-state index in [4.69, 9.17) is 39.5 Å². The van der Waals surface area contributed by atoms with Crippen LogP contribution in [0.2, 0.25) is 15.1 Å². The van der Waals surface area contributed by atoms with Crippen molar-refractivity contribution in [1.82, 2.24) is 10.7 Å². The van der Waals surface area contributed by atoms with Gasteiger partial charge in [0.1, 0.15) is 18.4 Å². The van der Waals surface area contributed by atoms with Gasteiger partial charge < -0.3 is 10.1 Å². The summed E-state index contributed by atoms with van der Waals surface area (Å²) in [6, 6.07) is 18.4. The molecule has 0 bridgehead atoms. The Morgan fingerprint density at radius 1 is 0.943 bits per heavy atom. The van der Waals surface area contributed by atoms with Gasteiger partial charge in [-0.15, -0.1) is 0 Å². The number of halogens is 3. The second kappa shape index (κ2) is 12.6. The minimum atomic E-state index is -0.819. The average molecular weight is 533 g/mol. The molecule has 9 heteroatoms. The van der Waals surface area contributed by atoms with Gasteiger partial charge in [0.15, 0.2) is 0 Å². The highest BCUT2D eigenvalue weighted by Crippen LogP contribution is 2.23. The summed E-state index contributed by atoms with van der Waals surface area (Å²) in [5, 5.41) is 8.00. The van der Waals surface area contributed by atoms with Gasteiger partial charge in [-0.05, 0) is 42.3 Å². The first-order chi connectivity index (χ1) is 16.8. The molecule has 3 aromatic carbocycles. The topological polar surface area (TPSA) is 79.8 Å². The van der Waals surface area contributed by atoms with Crippen LogP contribution in [-0.2, 0) is 11.4 Å². The third-order valence-electron chi connectivity index (χ3n) is 5.06. The van der Waals surface area contributed by atoms with E-state index in [2.05, 4.69) is 15.8 Å². The number of benzene rings is 3. The van der Waals surface area contributed by atoms with Gasteiger partial charge in [-0.3, -0.25) is 9.59 Å². The summed E-state index contributed by atoms with van der Waals surface area (Å²) in [6.45, 7) is 3.93. The van der Waals surface area contributed by atoms with E-state index in [-0.39, 0.29) is 17.5 Å². The Morgan fingerprint density at radius 2 is 1.66 bits per heavy atom. The highest BCUT2D eigenvalue weighted by atomic mass is 35.5. The molecular formula is C26H24Cl3N3O3. The van der Waals surface area contributed by atoms with Crippen molar-refractivity contribution >= 4 is 52.8 Å². The number of nitrogens with one attached hydrogen (secondary N) is 2. The largest absolute Gasteiger partial charge is 0.488 e. The van der Waals surface area contributed by atoms with Crippen LogP contribution < -0.4 is 15.5 Å². The molecule has 0 saturated heterocycles. The van der Waals surface area contributed by atoms with E-state index in [1.807, 2.05) is 50.2 Å². The molecular weight excluding hydrogens is 509 g/mol. The van der Waals surface area contributed by atoms with Crippen LogP contribution in [0.5, 0.6) is 5.75 Å². The van der Waals surface area contributed by atoms with Crippen molar-refractivity contribution in [3.8, 4) is 5.75 Å². The molecule has 6 nitrogen and oxygen atoms in total. The molecule has 3 rings (SSSR count). The Morgan fingerprint density at radius 3 is 2.37 bits per heavy atom. The molecule has 35 heavy (non-hydrogen) atoms.